The Morgan fingerprint density at radius 1 is 0.867 bits per heavy atom. The van der Waals surface area contributed by atoms with Gasteiger partial charge in [-0.1, -0.05) is 85.3 Å². The highest BCUT2D eigenvalue weighted by molar-refractivity contribution is 7.92. The topological polar surface area (TPSA) is 86.8 Å². The van der Waals surface area contributed by atoms with Crippen LogP contribution in [0.4, 0.5) is 5.69 Å². The molecule has 0 aromatic heterocycles. The van der Waals surface area contributed by atoms with Crippen molar-refractivity contribution in [2.45, 2.75) is 64.1 Å². The van der Waals surface area contributed by atoms with Crippen molar-refractivity contribution in [3.05, 3.63) is 130 Å². The molecule has 45 heavy (non-hydrogen) atoms. The monoisotopic (exact) mass is 645 g/mol. The van der Waals surface area contributed by atoms with E-state index in [0.717, 1.165) is 33.0 Å². The third-order valence-corrected chi connectivity index (χ3v) is 9.88. The van der Waals surface area contributed by atoms with E-state index in [0.29, 0.717) is 10.7 Å². The van der Waals surface area contributed by atoms with Crippen LogP contribution in [0.5, 0.6) is 0 Å². The van der Waals surface area contributed by atoms with Crippen LogP contribution in [0.25, 0.3) is 0 Å². The summed E-state index contributed by atoms with van der Waals surface area (Å²) in [5.74, 6) is -0.796. The number of hydrogen-bond acceptors (Lipinski definition) is 4. The van der Waals surface area contributed by atoms with E-state index < -0.39 is 28.5 Å². The number of amides is 2. The number of sulfonamides is 1. The minimum atomic E-state index is -4.20. The Labute approximate surface area is 271 Å². The molecule has 0 spiro atoms. The quantitative estimate of drug-likeness (QED) is 0.175. The van der Waals surface area contributed by atoms with Gasteiger partial charge in [0.05, 0.1) is 10.6 Å². The van der Waals surface area contributed by atoms with Gasteiger partial charge in [-0.3, -0.25) is 13.9 Å². The zero-order valence-electron chi connectivity index (χ0n) is 26.1. The molecule has 0 aliphatic carbocycles. The van der Waals surface area contributed by atoms with Crippen molar-refractivity contribution in [1.29, 1.82) is 0 Å². The van der Waals surface area contributed by atoms with E-state index in [1.54, 1.807) is 18.2 Å². The van der Waals surface area contributed by atoms with Crippen LogP contribution < -0.4 is 9.62 Å². The summed E-state index contributed by atoms with van der Waals surface area (Å²) in [5, 5.41) is 3.46. The van der Waals surface area contributed by atoms with Crippen LogP contribution in [-0.4, -0.2) is 43.8 Å². The second-order valence-corrected chi connectivity index (χ2v) is 13.6. The molecule has 0 saturated heterocycles. The van der Waals surface area contributed by atoms with E-state index in [1.807, 2.05) is 88.4 Å². The molecule has 0 heterocycles. The summed E-state index contributed by atoms with van der Waals surface area (Å²) >= 11 is 6.07. The number of benzene rings is 4. The van der Waals surface area contributed by atoms with E-state index in [1.165, 1.54) is 29.2 Å². The number of rotatable bonds is 13. The highest BCUT2D eigenvalue weighted by Crippen LogP contribution is 2.27. The molecule has 9 heteroatoms. The van der Waals surface area contributed by atoms with Gasteiger partial charge in [-0.25, -0.2) is 8.42 Å². The molecule has 0 fully saturated rings. The van der Waals surface area contributed by atoms with Crippen LogP contribution in [0.3, 0.4) is 0 Å². The SMILES string of the molecule is CCC(C)NC(=O)C(Cc1ccccc1)N(Cc1ccccc1C)C(=O)CN(c1cccc(C)c1)S(=O)(=O)c1ccc(Cl)cc1. The van der Waals surface area contributed by atoms with Crippen LogP contribution in [-0.2, 0) is 32.6 Å². The minimum Gasteiger partial charge on any atom is -0.352 e. The highest BCUT2D eigenvalue weighted by Gasteiger charge is 2.35. The Balaban J connectivity index is 1.82. The van der Waals surface area contributed by atoms with E-state index in [4.69, 9.17) is 11.6 Å². The maximum absolute atomic E-state index is 14.6. The Kier molecular flexibility index (Phi) is 11.4. The van der Waals surface area contributed by atoms with Crippen LogP contribution in [0.1, 0.15) is 42.5 Å². The Bertz CT molecular complexity index is 1710. The summed E-state index contributed by atoms with van der Waals surface area (Å²) in [7, 11) is -4.20. The Morgan fingerprint density at radius 3 is 2.18 bits per heavy atom. The summed E-state index contributed by atoms with van der Waals surface area (Å²) < 4.78 is 29.4. The van der Waals surface area contributed by atoms with Gasteiger partial charge in [0.15, 0.2) is 0 Å². The maximum Gasteiger partial charge on any atom is 0.264 e. The summed E-state index contributed by atoms with van der Waals surface area (Å²) in [6.45, 7) is 7.32. The molecule has 2 atom stereocenters. The molecule has 7 nitrogen and oxygen atoms in total. The second-order valence-electron chi connectivity index (χ2n) is 11.3. The first-order chi connectivity index (χ1) is 21.5. The third-order valence-electron chi connectivity index (χ3n) is 7.84. The van der Waals surface area contributed by atoms with Crippen LogP contribution in [0.2, 0.25) is 5.02 Å². The second kappa shape index (κ2) is 15.2. The van der Waals surface area contributed by atoms with E-state index >= 15 is 0 Å². The third kappa shape index (κ3) is 8.74. The van der Waals surface area contributed by atoms with Crippen molar-refractivity contribution >= 4 is 39.1 Å². The lowest BCUT2D eigenvalue weighted by molar-refractivity contribution is -0.140. The first kappa shape index (κ1) is 33.7. The Hall–Kier alpha value is -4.14. The fraction of sp³-hybridized carbons (Fsp3) is 0.278. The Morgan fingerprint density at radius 2 is 1.53 bits per heavy atom. The lowest BCUT2D eigenvalue weighted by atomic mass is 10.0. The van der Waals surface area contributed by atoms with Crippen LogP contribution in [0.15, 0.2) is 108 Å². The zero-order valence-corrected chi connectivity index (χ0v) is 27.7. The number of anilines is 1. The number of carbonyl (C=O) groups is 2. The summed E-state index contributed by atoms with van der Waals surface area (Å²) in [5.41, 5.74) is 3.89. The summed E-state index contributed by atoms with van der Waals surface area (Å²) in [4.78, 5) is 30.0. The number of hydrogen-bond donors (Lipinski definition) is 1. The first-order valence-electron chi connectivity index (χ1n) is 15.0. The van der Waals surface area contributed by atoms with E-state index in [9.17, 15) is 18.0 Å². The molecule has 236 valence electrons. The van der Waals surface area contributed by atoms with Crippen LogP contribution in [0, 0.1) is 13.8 Å². The largest absolute Gasteiger partial charge is 0.352 e. The van der Waals surface area contributed by atoms with Gasteiger partial charge in [0.2, 0.25) is 11.8 Å². The number of nitrogens with one attached hydrogen (secondary N) is 1. The molecule has 2 amide bonds. The average Bonchev–Trinajstić information content (AvgIpc) is 3.02. The minimum absolute atomic E-state index is 0.00186. The molecular formula is C36H40ClN3O4S. The molecule has 4 aromatic rings. The number of nitrogens with zero attached hydrogens (tertiary/aromatic N) is 2. The molecule has 4 aromatic carbocycles. The van der Waals surface area contributed by atoms with Gasteiger partial charge in [-0.2, -0.15) is 0 Å². The van der Waals surface area contributed by atoms with Crippen molar-refractivity contribution in [3.63, 3.8) is 0 Å². The lowest BCUT2D eigenvalue weighted by Crippen LogP contribution is -2.54. The van der Waals surface area contributed by atoms with Gasteiger partial charge < -0.3 is 10.2 Å². The molecule has 0 bridgehead atoms. The molecule has 1 N–H and O–H groups in total. The standard InChI is InChI=1S/C36H40ClN3O4S/c1-5-28(4)38-36(42)34(23-29-14-7-6-8-15-29)39(24-30-16-10-9-13-27(30)3)35(41)25-40(32-17-11-12-26(2)22-32)45(43,44)33-20-18-31(37)19-21-33/h6-22,28,34H,5,23-25H2,1-4H3,(H,38,42). The van der Waals surface area contributed by atoms with Gasteiger partial charge >= 0.3 is 0 Å². The smallest absolute Gasteiger partial charge is 0.264 e. The summed E-state index contributed by atoms with van der Waals surface area (Å²) in [6, 6.07) is 29.1. The predicted octanol–water partition coefficient (Wildman–Crippen LogP) is 6.71. The maximum atomic E-state index is 14.6. The lowest BCUT2D eigenvalue weighted by Gasteiger charge is -2.34. The number of aryl methyl sites for hydroxylation is 2. The number of carbonyl (C=O) groups excluding carboxylic acids is 2. The highest BCUT2D eigenvalue weighted by atomic mass is 35.5. The van der Waals surface area contributed by atoms with Crippen molar-refractivity contribution < 1.29 is 18.0 Å². The molecule has 2 unspecified atom stereocenters. The normalized spacial score (nSPS) is 12.6. The predicted molar refractivity (Wildman–Crippen MR) is 181 cm³/mol. The van der Waals surface area contributed by atoms with Crippen molar-refractivity contribution in [3.8, 4) is 0 Å². The van der Waals surface area contributed by atoms with Gasteiger partial charge in [-0.05, 0) is 85.8 Å². The van der Waals surface area contributed by atoms with E-state index in [-0.39, 0.29) is 29.8 Å². The fourth-order valence-corrected chi connectivity index (χ4v) is 6.54. The van der Waals surface area contributed by atoms with Crippen molar-refractivity contribution in [2.75, 3.05) is 10.8 Å². The van der Waals surface area contributed by atoms with Crippen molar-refractivity contribution in [1.82, 2.24) is 10.2 Å². The van der Waals surface area contributed by atoms with Gasteiger partial charge in [0.25, 0.3) is 10.0 Å². The molecule has 0 aliphatic rings. The molecular weight excluding hydrogens is 606 g/mol. The van der Waals surface area contributed by atoms with Crippen molar-refractivity contribution in [2.24, 2.45) is 0 Å². The molecule has 0 radical (unpaired) electrons. The van der Waals surface area contributed by atoms with Gasteiger partial charge in [0.1, 0.15) is 12.6 Å². The molecule has 0 aliphatic heterocycles. The van der Waals surface area contributed by atoms with Gasteiger partial charge in [-0.15, -0.1) is 0 Å². The van der Waals surface area contributed by atoms with E-state index in [2.05, 4.69) is 5.32 Å². The first-order valence-corrected chi connectivity index (χ1v) is 16.8. The molecule has 4 rings (SSSR count). The van der Waals surface area contributed by atoms with Crippen LogP contribution >= 0.6 is 11.6 Å². The van der Waals surface area contributed by atoms with Gasteiger partial charge in [0, 0.05) is 24.0 Å². The average molecular weight is 646 g/mol. The molecule has 0 saturated carbocycles. The number of halogens is 1. The summed E-state index contributed by atoms with van der Waals surface area (Å²) in [6.07, 6.45) is 0.977. The zero-order chi connectivity index (χ0) is 32.6. The fourth-order valence-electron chi connectivity index (χ4n) is 5.01.